The van der Waals surface area contributed by atoms with E-state index in [0.717, 1.165) is 11.0 Å². The van der Waals surface area contributed by atoms with E-state index >= 15 is 0 Å². The van der Waals surface area contributed by atoms with Gasteiger partial charge in [-0.2, -0.15) is 0 Å². The van der Waals surface area contributed by atoms with Crippen LogP contribution in [0, 0.1) is 5.92 Å². The monoisotopic (exact) mass is 332 g/mol. The van der Waals surface area contributed by atoms with Crippen molar-refractivity contribution in [3.05, 3.63) is 40.9 Å². The Hall–Kier alpha value is -1.06. The second kappa shape index (κ2) is 6.15. The molecule has 0 aliphatic heterocycles. The Morgan fingerprint density at radius 2 is 1.80 bits per heavy atom. The van der Waals surface area contributed by atoms with Crippen LogP contribution in [0.5, 0.6) is 0 Å². The highest BCUT2D eigenvalue weighted by Crippen LogP contribution is 2.28. The van der Waals surface area contributed by atoms with E-state index in [9.17, 15) is 0 Å². The van der Waals surface area contributed by atoms with Crippen molar-refractivity contribution in [2.75, 3.05) is 11.9 Å². The van der Waals surface area contributed by atoms with Crippen LogP contribution in [0.4, 0.5) is 5.69 Å². The number of rotatable bonds is 3. The maximum atomic E-state index is 5.91. The van der Waals surface area contributed by atoms with Crippen LogP contribution in [0.2, 0.25) is 0 Å². The molecule has 1 aliphatic carbocycles. The zero-order chi connectivity index (χ0) is 13.9. The Morgan fingerprint density at radius 3 is 2.65 bits per heavy atom. The lowest BCUT2D eigenvalue weighted by molar-refractivity contribution is 0.332. The first kappa shape index (κ1) is 13.9. The molecule has 0 radical (unpaired) electrons. The van der Waals surface area contributed by atoms with Crippen LogP contribution in [0.15, 0.2) is 40.9 Å². The summed E-state index contributed by atoms with van der Waals surface area (Å²) in [5, 5.41) is 6.24. The maximum absolute atomic E-state index is 5.91. The molecule has 0 heterocycles. The zero-order valence-electron chi connectivity index (χ0n) is 11.6. The molecule has 0 saturated heterocycles. The molecule has 0 spiro atoms. The molecule has 106 valence electrons. The van der Waals surface area contributed by atoms with Gasteiger partial charge in [-0.05, 0) is 60.3 Å². The van der Waals surface area contributed by atoms with Crippen LogP contribution in [0.1, 0.15) is 25.7 Å². The third-order valence-corrected chi connectivity index (χ3v) is 4.86. The number of benzene rings is 2. The van der Waals surface area contributed by atoms with Crippen LogP contribution < -0.4 is 11.1 Å². The van der Waals surface area contributed by atoms with Crippen molar-refractivity contribution in [2.24, 2.45) is 11.7 Å². The standard InChI is InChI=1S/C17H21BrN2/c18-15-7-5-13-10-16(8-6-12(13)9-15)20-17-4-2-1-3-14(17)11-19/h5-10,14,17,20H,1-4,11,19H2. The third-order valence-electron chi connectivity index (χ3n) is 4.37. The maximum Gasteiger partial charge on any atom is 0.0348 e. The summed E-state index contributed by atoms with van der Waals surface area (Å²) in [5.41, 5.74) is 7.12. The molecule has 2 atom stereocenters. The highest BCUT2D eigenvalue weighted by Gasteiger charge is 2.23. The first-order chi connectivity index (χ1) is 9.76. The van der Waals surface area contributed by atoms with E-state index in [-0.39, 0.29) is 0 Å². The predicted octanol–water partition coefficient (Wildman–Crippen LogP) is 4.53. The van der Waals surface area contributed by atoms with Crippen molar-refractivity contribution >= 4 is 32.4 Å². The molecule has 0 bridgehead atoms. The van der Waals surface area contributed by atoms with Gasteiger partial charge in [0.2, 0.25) is 0 Å². The SMILES string of the molecule is NCC1CCCCC1Nc1ccc2cc(Br)ccc2c1. The van der Waals surface area contributed by atoms with E-state index in [4.69, 9.17) is 5.73 Å². The summed E-state index contributed by atoms with van der Waals surface area (Å²) in [4.78, 5) is 0. The fraction of sp³-hybridized carbons (Fsp3) is 0.412. The summed E-state index contributed by atoms with van der Waals surface area (Å²) >= 11 is 3.52. The van der Waals surface area contributed by atoms with E-state index < -0.39 is 0 Å². The van der Waals surface area contributed by atoms with E-state index in [1.807, 2.05) is 0 Å². The molecule has 1 fully saturated rings. The van der Waals surface area contributed by atoms with Crippen molar-refractivity contribution in [1.82, 2.24) is 0 Å². The van der Waals surface area contributed by atoms with Crippen LogP contribution >= 0.6 is 15.9 Å². The van der Waals surface area contributed by atoms with E-state index in [1.165, 1.54) is 42.1 Å². The number of nitrogens with one attached hydrogen (secondary N) is 1. The van der Waals surface area contributed by atoms with Gasteiger partial charge in [-0.1, -0.05) is 40.9 Å². The molecule has 0 aromatic heterocycles. The fourth-order valence-electron chi connectivity index (χ4n) is 3.20. The highest BCUT2D eigenvalue weighted by atomic mass is 79.9. The zero-order valence-corrected chi connectivity index (χ0v) is 13.2. The molecule has 3 rings (SSSR count). The second-order valence-corrected chi connectivity index (χ2v) is 6.65. The average Bonchev–Trinajstić information content (AvgIpc) is 2.48. The molecule has 1 saturated carbocycles. The lowest BCUT2D eigenvalue weighted by Crippen LogP contribution is -2.36. The van der Waals surface area contributed by atoms with Crippen molar-refractivity contribution in [1.29, 1.82) is 0 Å². The topological polar surface area (TPSA) is 38.0 Å². The molecule has 20 heavy (non-hydrogen) atoms. The minimum atomic E-state index is 0.529. The first-order valence-corrected chi connectivity index (χ1v) is 8.21. The molecule has 0 amide bonds. The van der Waals surface area contributed by atoms with Gasteiger partial charge in [0.25, 0.3) is 0 Å². The van der Waals surface area contributed by atoms with Crippen molar-refractivity contribution < 1.29 is 0 Å². The molecule has 3 N–H and O–H groups in total. The minimum absolute atomic E-state index is 0.529. The Kier molecular flexibility index (Phi) is 4.27. The molecule has 3 heteroatoms. The Bertz CT molecular complexity index is 597. The van der Waals surface area contributed by atoms with Gasteiger partial charge in [0, 0.05) is 16.2 Å². The van der Waals surface area contributed by atoms with E-state index in [2.05, 4.69) is 57.6 Å². The van der Waals surface area contributed by atoms with Crippen LogP contribution in [0.3, 0.4) is 0 Å². The predicted molar refractivity (Wildman–Crippen MR) is 90.1 cm³/mol. The van der Waals surface area contributed by atoms with Gasteiger partial charge in [0.05, 0.1) is 0 Å². The quantitative estimate of drug-likeness (QED) is 0.866. The lowest BCUT2D eigenvalue weighted by atomic mass is 9.84. The van der Waals surface area contributed by atoms with Crippen molar-refractivity contribution in [3.8, 4) is 0 Å². The normalized spacial score (nSPS) is 22.9. The van der Waals surface area contributed by atoms with Gasteiger partial charge < -0.3 is 11.1 Å². The second-order valence-electron chi connectivity index (χ2n) is 5.74. The molecule has 1 aliphatic rings. The average molecular weight is 333 g/mol. The molecule has 2 unspecified atom stereocenters. The van der Waals surface area contributed by atoms with Gasteiger partial charge in [-0.3, -0.25) is 0 Å². The van der Waals surface area contributed by atoms with Crippen LogP contribution in [0.25, 0.3) is 10.8 Å². The summed E-state index contributed by atoms with van der Waals surface area (Å²) in [6.45, 7) is 0.790. The van der Waals surface area contributed by atoms with Gasteiger partial charge >= 0.3 is 0 Å². The van der Waals surface area contributed by atoms with E-state index in [0.29, 0.717) is 12.0 Å². The van der Waals surface area contributed by atoms with E-state index in [1.54, 1.807) is 0 Å². The summed E-state index contributed by atoms with van der Waals surface area (Å²) in [6.07, 6.45) is 5.13. The van der Waals surface area contributed by atoms with Gasteiger partial charge in [0.15, 0.2) is 0 Å². The minimum Gasteiger partial charge on any atom is -0.382 e. The van der Waals surface area contributed by atoms with Crippen LogP contribution in [-0.4, -0.2) is 12.6 Å². The van der Waals surface area contributed by atoms with Gasteiger partial charge in [-0.25, -0.2) is 0 Å². The third kappa shape index (κ3) is 2.99. The van der Waals surface area contributed by atoms with Gasteiger partial charge in [0.1, 0.15) is 0 Å². The number of anilines is 1. The Morgan fingerprint density at radius 1 is 1.05 bits per heavy atom. The Balaban J connectivity index is 1.81. The van der Waals surface area contributed by atoms with Crippen molar-refractivity contribution in [2.45, 2.75) is 31.7 Å². The van der Waals surface area contributed by atoms with Gasteiger partial charge in [-0.15, -0.1) is 0 Å². The smallest absolute Gasteiger partial charge is 0.0348 e. The summed E-state index contributed by atoms with van der Waals surface area (Å²) in [7, 11) is 0. The number of nitrogens with two attached hydrogens (primary N) is 1. The summed E-state index contributed by atoms with van der Waals surface area (Å²) in [6, 6.07) is 13.5. The molecule has 2 aromatic rings. The molecule has 2 nitrogen and oxygen atoms in total. The number of hydrogen-bond acceptors (Lipinski definition) is 2. The molecular weight excluding hydrogens is 312 g/mol. The first-order valence-electron chi connectivity index (χ1n) is 7.42. The fourth-order valence-corrected chi connectivity index (χ4v) is 3.58. The Labute approximate surface area is 128 Å². The number of hydrogen-bond donors (Lipinski definition) is 2. The lowest BCUT2D eigenvalue weighted by Gasteiger charge is -2.32. The van der Waals surface area contributed by atoms with Crippen LogP contribution in [-0.2, 0) is 0 Å². The summed E-state index contributed by atoms with van der Waals surface area (Å²) < 4.78 is 1.13. The highest BCUT2D eigenvalue weighted by molar-refractivity contribution is 9.10. The number of halogens is 1. The molecular formula is C17H21BrN2. The van der Waals surface area contributed by atoms with Crippen molar-refractivity contribution in [3.63, 3.8) is 0 Å². The number of fused-ring (bicyclic) bond motifs is 1. The largest absolute Gasteiger partial charge is 0.382 e. The molecule has 2 aromatic carbocycles. The summed E-state index contributed by atoms with van der Waals surface area (Å²) in [5.74, 6) is 0.615.